The number of nitrogens with zero attached hydrogens (tertiary/aromatic N) is 2. The minimum absolute atomic E-state index is 0.141. The summed E-state index contributed by atoms with van der Waals surface area (Å²) in [6, 6.07) is 22.0. The SMILES string of the molecule is COC(=O)c1cccc(N=O)c1NCc1ccc(-c2ccccc2C#N)cc1. The fourth-order valence-corrected chi connectivity index (χ4v) is 2.91. The zero-order valence-electron chi connectivity index (χ0n) is 15.2. The molecule has 0 atom stereocenters. The molecule has 0 aromatic heterocycles. The molecule has 0 spiro atoms. The van der Waals surface area contributed by atoms with Crippen molar-refractivity contribution in [3.63, 3.8) is 0 Å². The first-order valence-corrected chi connectivity index (χ1v) is 8.55. The summed E-state index contributed by atoms with van der Waals surface area (Å²) in [4.78, 5) is 23.0. The highest BCUT2D eigenvalue weighted by molar-refractivity contribution is 5.98. The van der Waals surface area contributed by atoms with E-state index in [0.29, 0.717) is 17.8 Å². The lowest BCUT2D eigenvalue weighted by Gasteiger charge is -2.13. The van der Waals surface area contributed by atoms with Crippen LogP contribution in [-0.2, 0) is 11.3 Å². The van der Waals surface area contributed by atoms with E-state index in [1.807, 2.05) is 42.5 Å². The fraction of sp³-hybridized carbons (Fsp3) is 0.0909. The predicted molar refractivity (Wildman–Crippen MR) is 107 cm³/mol. The van der Waals surface area contributed by atoms with E-state index in [1.54, 1.807) is 18.2 Å². The maximum absolute atomic E-state index is 11.9. The smallest absolute Gasteiger partial charge is 0.340 e. The zero-order chi connectivity index (χ0) is 19.9. The molecule has 3 rings (SSSR count). The predicted octanol–water partition coefficient (Wildman–Crippen LogP) is 5.02. The molecule has 0 bridgehead atoms. The lowest BCUT2D eigenvalue weighted by Crippen LogP contribution is -2.08. The number of nitroso groups, excluding NO2 is 1. The molecular formula is C22H17N3O3. The second-order valence-electron chi connectivity index (χ2n) is 5.99. The Labute approximate surface area is 162 Å². The number of ether oxygens (including phenoxy) is 1. The van der Waals surface area contributed by atoms with Gasteiger partial charge in [-0.25, -0.2) is 4.79 Å². The van der Waals surface area contributed by atoms with Crippen molar-refractivity contribution in [1.29, 1.82) is 5.26 Å². The number of rotatable bonds is 6. The molecule has 28 heavy (non-hydrogen) atoms. The van der Waals surface area contributed by atoms with Gasteiger partial charge in [-0.15, -0.1) is 4.91 Å². The van der Waals surface area contributed by atoms with E-state index in [-0.39, 0.29) is 11.3 Å². The molecule has 0 aliphatic carbocycles. The number of nitrogens with one attached hydrogen (secondary N) is 1. The van der Waals surface area contributed by atoms with Gasteiger partial charge in [-0.3, -0.25) is 0 Å². The topological polar surface area (TPSA) is 91.5 Å². The number of carbonyl (C=O) groups is 1. The summed E-state index contributed by atoms with van der Waals surface area (Å²) in [6.07, 6.45) is 0. The van der Waals surface area contributed by atoms with Gasteiger partial charge < -0.3 is 10.1 Å². The summed E-state index contributed by atoms with van der Waals surface area (Å²) in [5, 5.41) is 15.3. The Kier molecular flexibility index (Phi) is 5.78. The van der Waals surface area contributed by atoms with Crippen LogP contribution in [0.4, 0.5) is 11.4 Å². The summed E-state index contributed by atoms with van der Waals surface area (Å²) >= 11 is 0. The Morgan fingerprint density at radius 3 is 2.50 bits per heavy atom. The number of esters is 1. The Balaban J connectivity index is 1.82. The summed E-state index contributed by atoms with van der Waals surface area (Å²) in [5.74, 6) is -0.545. The molecule has 0 unspecified atom stereocenters. The molecule has 0 radical (unpaired) electrons. The van der Waals surface area contributed by atoms with Gasteiger partial charge in [0.2, 0.25) is 0 Å². The van der Waals surface area contributed by atoms with Crippen molar-refractivity contribution in [2.24, 2.45) is 5.18 Å². The van der Waals surface area contributed by atoms with Gasteiger partial charge in [0.15, 0.2) is 0 Å². The van der Waals surface area contributed by atoms with Crippen LogP contribution in [0.1, 0.15) is 21.5 Å². The third-order valence-corrected chi connectivity index (χ3v) is 4.33. The van der Waals surface area contributed by atoms with Crippen molar-refractivity contribution >= 4 is 17.3 Å². The molecule has 0 aliphatic rings. The zero-order valence-corrected chi connectivity index (χ0v) is 15.2. The Bertz CT molecular complexity index is 1050. The molecule has 0 saturated carbocycles. The summed E-state index contributed by atoms with van der Waals surface area (Å²) in [6.45, 7) is 0.386. The van der Waals surface area contributed by atoms with Crippen LogP contribution in [0.5, 0.6) is 0 Å². The standard InChI is InChI=1S/C22H17N3O3/c1-28-22(26)19-7-4-8-20(25-27)21(19)24-14-15-9-11-16(12-10-15)18-6-3-2-5-17(18)13-23/h2-12,24H,14H2,1H3. The number of anilines is 1. The number of para-hydroxylation sites is 1. The van der Waals surface area contributed by atoms with Crippen molar-refractivity contribution in [2.75, 3.05) is 12.4 Å². The molecule has 6 nitrogen and oxygen atoms in total. The van der Waals surface area contributed by atoms with Gasteiger partial charge in [-0.1, -0.05) is 48.5 Å². The number of methoxy groups -OCH3 is 1. The molecule has 3 aromatic carbocycles. The van der Waals surface area contributed by atoms with Gasteiger partial charge >= 0.3 is 5.97 Å². The van der Waals surface area contributed by atoms with E-state index in [4.69, 9.17) is 4.74 Å². The summed E-state index contributed by atoms with van der Waals surface area (Å²) in [7, 11) is 1.28. The van der Waals surface area contributed by atoms with Gasteiger partial charge in [0.25, 0.3) is 0 Å². The van der Waals surface area contributed by atoms with Crippen molar-refractivity contribution < 1.29 is 9.53 Å². The summed E-state index contributed by atoms with van der Waals surface area (Å²) in [5.41, 5.74) is 4.08. The van der Waals surface area contributed by atoms with Gasteiger partial charge in [-0.05, 0) is 40.1 Å². The number of hydrogen-bond acceptors (Lipinski definition) is 6. The van der Waals surface area contributed by atoms with E-state index in [1.165, 1.54) is 13.2 Å². The van der Waals surface area contributed by atoms with E-state index in [9.17, 15) is 15.0 Å². The molecule has 0 amide bonds. The molecule has 6 heteroatoms. The van der Waals surface area contributed by atoms with Gasteiger partial charge in [0.1, 0.15) is 5.69 Å². The van der Waals surface area contributed by atoms with E-state index in [0.717, 1.165) is 16.7 Å². The van der Waals surface area contributed by atoms with Crippen LogP contribution >= 0.6 is 0 Å². The van der Waals surface area contributed by atoms with Crippen LogP contribution in [0.25, 0.3) is 11.1 Å². The molecule has 0 aliphatic heterocycles. The number of hydrogen-bond donors (Lipinski definition) is 1. The summed E-state index contributed by atoms with van der Waals surface area (Å²) < 4.78 is 4.77. The Morgan fingerprint density at radius 1 is 1.07 bits per heavy atom. The fourth-order valence-electron chi connectivity index (χ4n) is 2.91. The number of nitriles is 1. The Hall–Kier alpha value is -3.98. The minimum Gasteiger partial charge on any atom is -0.465 e. The third kappa shape index (κ3) is 3.89. The van der Waals surface area contributed by atoms with E-state index < -0.39 is 5.97 Å². The normalized spacial score (nSPS) is 10.0. The lowest BCUT2D eigenvalue weighted by atomic mass is 9.99. The van der Waals surface area contributed by atoms with Gasteiger partial charge in [0.05, 0.1) is 30.0 Å². The quantitative estimate of drug-likeness (QED) is 0.485. The molecular weight excluding hydrogens is 354 g/mol. The average Bonchev–Trinajstić information content (AvgIpc) is 2.77. The third-order valence-electron chi connectivity index (χ3n) is 4.33. The second-order valence-corrected chi connectivity index (χ2v) is 5.99. The maximum atomic E-state index is 11.9. The maximum Gasteiger partial charge on any atom is 0.340 e. The van der Waals surface area contributed by atoms with Crippen molar-refractivity contribution in [2.45, 2.75) is 6.54 Å². The largest absolute Gasteiger partial charge is 0.465 e. The Morgan fingerprint density at radius 2 is 1.82 bits per heavy atom. The second kappa shape index (κ2) is 8.60. The van der Waals surface area contributed by atoms with Crippen molar-refractivity contribution in [3.8, 4) is 17.2 Å². The molecule has 1 N–H and O–H groups in total. The number of benzene rings is 3. The van der Waals surface area contributed by atoms with Crippen LogP contribution in [-0.4, -0.2) is 13.1 Å². The number of carbonyl (C=O) groups excluding carboxylic acids is 1. The molecule has 0 saturated heterocycles. The molecule has 3 aromatic rings. The van der Waals surface area contributed by atoms with Crippen molar-refractivity contribution in [3.05, 3.63) is 88.3 Å². The molecule has 138 valence electrons. The van der Waals surface area contributed by atoms with E-state index >= 15 is 0 Å². The van der Waals surface area contributed by atoms with Crippen molar-refractivity contribution in [1.82, 2.24) is 0 Å². The van der Waals surface area contributed by atoms with E-state index in [2.05, 4.69) is 16.6 Å². The minimum atomic E-state index is -0.545. The lowest BCUT2D eigenvalue weighted by molar-refractivity contribution is 0.0602. The molecule has 0 heterocycles. The van der Waals surface area contributed by atoms with Gasteiger partial charge in [-0.2, -0.15) is 5.26 Å². The highest BCUT2D eigenvalue weighted by atomic mass is 16.5. The van der Waals surface area contributed by atoms with Crippen LogP contribution in [0.15, 0.2) is 71.9 Å². The first-order chi connectivity index (χ1) is 13.7. The molecule has 0 fully saturated rings. The van der Waals surface area contributed by atoms with Crippen LogP contribution in [0, 0.1) is 16.2 Å². The first-order valence-electron chi connectivity index (χ1n) is 8.55. The average molecular weight is 371 g/mol. The first kappa shape index (κ1) is 18.8. The highest BCUT2D eigenvalue weighted by Crippen LogP contribution is 2.30. The van der Waals surface area contributed by atoms with Crippen LogP contribution < -0.4 is 5.32 Å². The highest BCUT2D eigenvalue weighted by Gasteiger charge is 2.16. The van der Waals surface area contributed by atoms with Crippen LogP contribution in [0.2, 0.25) is 0 Å². The van der Waals surface area contributed by atoms with Gasteiger partial charge in [0, 0.05) is 6.54 Å². The monoisotopic (exact) mass is 371 g/mol. The van der Waals surface area contributed by atoms with Crippen LogP contribution in [0.3, 0.4) is 0 Å².